The van der Waals surface area contributed by atoms with E-state index in [2.05, 4.69) is 27.7 Å². The zero-order valence-corrected chi connectivity index (χ0v) is 12.0. The third-order valence-corrected chi connectivity index (χ3v) is 4.44. The van der Waals surface area contributed by atoms with E-state index in [4.69, 9.17) is 4.74 Å². The molecule has 0 heterocycles. The lowest BCUT2D eigenvalue weighted by molar-refractivity contribution is -0.151. The fraction of sp³-hybridized carbons (Fsp3) is 0.933. The van der Waals surface area contributed by atoms with Crippen LogP contribution in [0.4, 0.5) is 0 Å². The standard InChI is InChI=1S/C15H28O2/c1-6-15(17-12(5)16)14-9-13(10(2)3)8-7-11(14)4/h10-11,13-15H,6-9H2,1-5H3/t11-,13+,14+,15+/m0/s1. The van der Waals surface area contributed by atoms with Gasteiger partial charge in [0.25, 0.3) is 0 Å². The maximum Gasteiger partial charge on any atom is 0.302 e. The van der Waals surface area contributed by atoms with Gasteiger partial charge in [0.2, 0.25) is 0 Å². The van der Waals surface area contributed by atoms with E-state index in [1.54, 1.807) is 0 Å². The molecule has 1 aliphatic rings. The van der Waals surface area contributed by atoms with E-state index in [0.717, 1.165) is 18.3 Å². The summed E-state index contributed by atoms with van der Waals surface area (Å²) in [7, 11) is 0. The molecule has 0 amide bonds. The van der Waals surface area contributed by atoms with E-state index < -0.39 is 0 Å². The van der Waals surface area contributed by atoms with Crippen molar-refractivity contribution < 1.29 is 9.53 Å². The number of hydrogen-bond acceptors (Lipinski definition) is 2. The van der Waals surface area contributed by atoms with E-state index in [0.29, 0.717) is 11.8 Å². The fourth-order valence-corrected chi connectivity index (χ4v) is 3.20. The lowest BCUT2D eigenvalue weighted by atomic mass is 9.69. The Bertz CT molecular complexity index is 247. The highest BCUT2D eigenvalue weighted by Crippen LogP contribution is 2.40. The molecular formula is C15H28O2. The van der Waals surface area contributed by atoms with Crippen LogP contribution < -0.4 is 0 Å². The molecule has 0 unspecified atom stereocenters. The maximum atomic E-state index is 11.2. The first kappa shape index (κ1) is 14.5. The van der Waals surface area contributed by atoms with Crippen molar-refractivity contribution in [2.24, 2.45) is 23.7 Å². The second-order valence-electron chi connectivity index (χ2n) is 6.01. The van der Waals surface area contributed by atoms with Crippen molar-refractivity contribution in [2.75, 3.05) is 0 Å². The molecule has 1 fully saturated rings. The molecule has 0 aromatic heterocycles. The van der Waals surface area contributed by atoms with Crippen molar-refractivity contribution in [1.82, 2.24) is 0 Å². The van der Waals surface area contributed by atoms with E-state index in [9.17, 15) is 4.79 Å². The molecule has 0 spiro atoms. The normalized spacial score (nSPS) is 31.3. The Labute approximate surface area is 106 Å². The molecule has 17 heavy (non-hydrogen) atoms. The van der Waals surface area contributed by atoms with Crippen LogP contribution in [0.2, 0.25) is 0 Å². The molecule has 0 saturated heterocycles. The summed E-state index contributed by atoms with van der Waals surface area (Å²) in [5, 5.41) is 0. The van der Waals surface area contributed by atoms with Crippen LogP contribution in [-0.2, 0) is 9.53 Å². The molecule has 2 heteroatoms. The molecule has 100 valence electrons. The monoisotopic (exact) mass is 240 g/mol. The molecule has 1 aliphatic carbocycles. The van der Waals surface area contributed by atoms with Crippen molar-refractivity contribution in [3.05, 3.63) is 0 Å². The molecule has 0 N–H and O–H groups in total. The summed E-state index contributed by atoms with van der Waals surface area (Å²) in [6, 6.07) is 0. The summed E-state index contributed by atoms with van der Waals surface area (Å²) < 4.78 is 5.50. The zero-order valence-electron chi connectivity index (χ0n) is 12.0. The van der Waals surface area contributed by atoms with Crippen molar-refractivity contribution in [3.63, 3.8) is 0 Å². The third-order valence-electron chi connectivity index (χ3n) is 4.44. The second-order valence-corrected chi connectivity index (χ2v) is 6.01. The second kappa shape index (κ2) is 6.42. The Morgan fingerprint density at radius 1 is 1.35 bits per heavy atom. The first-order chi connectivity index (χ1) is 7.95. The predicted molar refractivity (Wildman–Crippen MR) is 70.7 cm³/mol. The van der Waals surface area contributed by atoms with Gasteiger partial charge in [-0.15, -0.1) is 0 Å². The van der Waals surface area contributed by atoms with Gasteiger partial charge in [0.1, 0.15) is 6.10 Å². The Kier molecular flexibility index (Phi) is 5.48. The average Bonchev–Trinajstić information content (AvgIpc) is 2.26. The lowest BCUT2D eigenvalue weighted by Crippen LogP contribution is -2.36. The minimum absolute atomic E-state index is 0.129. The number of ether oxygens (including phenoxy) is 1. The third kappa shape index (κ3) is 4.01. The van der Waals surface area contributed by atoms with Gasteiger partial charge in [-0.3, -0.25) is 4.79 Å². The van der Waals surface area contributed by atoms with Crippen molar-refractivity contribution in [3.8, 4) is 0 Å². The molecule has 2 nitrogen and oxygen atoms in total. The van der Waals surface area contributed by atoms with E-state index in [1.165, 1.54) is 26.2 Å². The van der Waals surface area contributed by atoms with Crippen LogP contribution in [0.25, 0.3) is 0 Å². The number of carbonyl (C=O) groups excluding carboxylic acids is 1. The highest BCUT2D eigenvalue weighted by molar-refractivity contribution is 5.66. The first-order valence-electron chi connectivity index (χ1n) is 7.12. The van der Waals surface area contributed by atoms with Gasteiger partial charge in [-0.2, -0.15) is 0 Å². The fourth-order valence-electron chi connectivity index (χ4n) is 3.20. The van der Waals surface area contributed by atoms with E-state index >= 15 is 0 Å². The molecular weight excluding hydrogens is 212 g/mol. The van der Waals surface area contributed by atoms with E-state index in [-0.39, 0.29) is 12.1 Å². The number of esters is 1. The summed E-state index contributed by atoms with van der Waals surface area (Å²) in [5.74, 6) is 2.68. The molecule has 0 aromatic rings. The first-order valence-corrected chi connectivity index (χ1v) is 7.12. The Balaban J connectivity index is 2.66. The number of carbonyl (C=O) groups is 1. The quantitative estimate of drug-likeness (QED) is 0.693. The van der Waals surface area contributed by atoms with Crippen LogP contribution in [0.15, 0.2) is 0 Å². The number of hydrogen-bond donors (Lipinski definition) is 0. The Hall–Kier alpha value is -0.530. The summed E-state index contributed by atoms with van der Waals surface area (Å²) in [4.78, 5) is 11.2. The lowest BCUT2D eigenvalue weighted by Gasteiger charge is -2.39. The Morgan fingerprint density at radius 2 is 2.00 bits per heavy atom. The minimum Gasteiger partial charge on any atom is -0.462 e. The van der Waals surface area contributed by atoms with Gasteiger partial charge in [-0.1, -0.05) is 34.1 Å². The molecule has 0 bridgehead atoms. The van der Waals surface area contributed by atoms with Crippen LogP contribution in [0, 0.1) is 23.7 Å². The molecule has 4 atom stereocenters. The molecule has 0 aliphatic heterocycles. The van der Waals surface area contributed by atoms with Gasteiger partial charge in [0.05, 0.1) is 0 Å². The zero-order chi connectivity index (χ0) is 13.0. The van der Waals surface area contributed by atoms with E-state index in [1.807, 2.05) is 0 Å². The number of rotatable bonds is 4. The summed E-state index contributed by atoms with van der Waals surface area (Å²) >= 11 is 0. The van der Waals surface area contributed by atoms with Gasteiger partial charge in [0, 0.05) is 6.92 Å². The van der Waals surface area contributed by atoms with Crippen molar-refractivity contribution >= 4 is 5.97 Å². The summed E-state index contributed by atoms with van der Waals surface area (Å²) in [5.41, 5.74) is 0. The average molecular weight is 240 g/mol. The maximum absolute atomic E-state index is 11.2. The van der Waals surface area contributed by atoms with Gasteiger partial charge in [-0.05, 0) is 42.9 Å². The SMILES string of the molecule is CC[C@@H](OC(C)=O)[C@@H]1C[C@H](C(C)C)CC[C@@H]1C. The summed E-state index contributed by atoms with van der Waals surface area (Å²) in [6.07, 6.45) is 4.92. The molecule has 1 saturated carbocycles. The van der Waals surface area contributed by atoms with Crippen LogP contribution in [0.1, 0.15) is 60.3 Å². The topological polar surface area (TPSA) is 26.3 Å². The van der Waals surface area contributed by atoms with Crippen LogP contribution in [0.5, 0.6) is 0 Å². The largest absolute Gasteiger partial charge is 0.462 e. The van der Waals surface area contributed by atoms with Crippen LogP contribution in [-0.4, -0.2) is 12.1 Å². The van der Waals surface area contributed by atoms with Crippen LogP contribution in [0.3, 0.4) is 0 Å². The van der Waals surface area contributed by atoms with Crippen molar-refractivity contribution in [1.29, 1.82) is 0 Å². The smallest absolute Gasteiger partial charge is 0.302 e. The van der Waals surface area contributed by atoms with Gasteiger partial charge >= 0.3 is 5.97 Å². The predicted octanol–water partition coefficient (Wildman–Crippen LogP) is 4.04. The molecule has 0 radical (unpaired) electrons. The van der Waals surface area contributed by atoms with Crippen molar-refractivity contribution in [2.45, 2.75) is 66.4 Å². The van der Waals surface area contributed by atoms with Gasteiger partial charge in [0.15, 0.2) is 0 Å². The van der Waals surface area contributed by atoms with Crippen LogP contribution >= 0.6 is 0 Å². The molecule has 1 rings (SSSR count). The van der Waals surface area contributed by atoms with Gasteiger partial charge < -0.3 is 4.74 Å². The van der Waals surface area contributed by atoms with Gasteiger partial charge in [-0.25, -0.2) is 0 Å². The highest BCUT2D eigenvalue weighted by atomic mass is 16.5. The highest BCUT2D eigenvalue weighted by Gasteiger charge is 2.35. The Morgan fingerprint density at radius 3 is 2.47 bits per heavy atom. The molecule has 0 aromatic carbocycles. The summed E-state index contributed by atoms with van der Waals surface area (Å²) in [6.45, 7) is 10.6. The minimum atomic E-state index is -0.129.